The number of ether oxygens (including phenoxy) is 1. The highest BCUT2D eigenvalue weighted by Gasteiger charge is 2.28. The Morgan fingerprint density at radius 1 is 1.12 bits per heavy atom. The van der Waals surface area contributed by atoms with E-state index in [1.54, 1.807) is 18.2 Å². The highest BCUT2D eigenvalue weighted by Crippen LogP contribution is 2.25. The van der Waals surface area contributed by atoms with Crippen molar-refractivity contribution in [3.63, 3.8) is 0 Å². The summed E-state index contributed by atoms with van der Waals surface area (Å²) in [5.41, 5.74) is -0.187. The van der Waals surface area contributed by atoms with Crippen LogP contribution < -0.4 is 9.62 Å². The number of halogens is 1. The van der Waals surface area contributed by atoms with Gasteiger partial charge in [-0.15, -0.1) is 0 Å². The van der Waals surface area contributed by atoms with Gasteiger partial charge in [0.15, 0.2) is 0 Å². The summed E-state index contributed by atoms with van der Waals surface area (Å²) in [6.07, 6.45) is 0. The first-order chi connectivity index (χ1) is 12.0. The van der Waals surface area contributed by atoms with Gasteiger partial charge in [-0.05, 0) is 24.3 Å². The minimum absolute atomic E-state index is 0.0251. The minimum atomic E-state index is -4.10. The molecule has 0 spiro atoms. The molecule has 2 aromatic carbocycles. The van der Waals surface area contributed by atoms with Gasteiger partial charge >= 0.3 is 0 Å². The number of nitrogens with one attached hydrogen (secondary N) is 1. The molecule has 0 unspecified atom stereocenters. The van der Waals surface area contributed by atoms with Gasteiger partial charge in [0.1, 0.15) is 12.4 Å². The molecular formula is C17H19FN2O4S. The molecular weight excluding hydrogens is 347 g/mol. The predicted molar refractivity (Wildman–Crippen MR) is 92.3 cm³/mol. The van der Waals surface area contributed by atoms with Gasteiger partial charge in [-0.25, -0.2) is 12.8 Å². The van der Waals surface area contributed by atoms with E-state index >= 15 is 0 Å². The van der Waals surface area contributed by atoms with Crippen LogP contribution in [0.1, 0.15) is 0 Å². The second kappa shape index (κ2) is 8.59. The van der Waals surface area contributed by atoms with Crippen molar-refractivity contribution >= 4 is 21.6 Å². The van der Waals surface area contributed by atoms with Gasteiger partial charge in [0.05, 0.1) is 17.2 Å². The Hall–Kier alpha value is -2.45. The fraction of sp³-hybridized carbons (Fsp3) is 0.235. The lowest BCUT2D eigenvalue weighted by atomic mass is 10.3. The first kappa shape index (κ1) is 18.9. The predicted octanol–water partition coefficient (Wildman–Crippen LogP) is 1.78. The second-order valence-corrected chi connectivity index (χ2v) is 6.98. The molecule has 1 amide bonds. The van der Waals surface area contributed by atoms with Gasteiger partial charge < -0.3 is 10.1 Å². The monoisotopic (exact) mass is 366 g/mol. The van der Waals surface area contributed by atoms with Crippen LogP contribution in [0.4, 0.5) is 10.1 Å². The molecule has 0 aliphatic rings. The molecule has 0 saturated heterocycles. The third kappa shape index (κ3) is 4.77. The average Bonchev–Trinajstić information content (AvgIpc) is 2.61. The Morgan fingerprint density at radius 3 is 2.40 bits per heavy atom. The second-order valence-electron chi connectivity index (χ2n) is 5.12. The summed E-state index contributed by atoms with van der Waals surface area (Å²) in [5, 5.41) is 2.53. The number of methoxy groups -OCH3 is 1. The van der Waals surface area contributed by atoms with Crippen LogP contribution in [0, 0.1) is 5.82 Å². The quantitative estimate of drug-likeness (QED) is 0.723. The van der Waals surface area contributed by atoms with Gasteiger partial charge in [0.25, 0.3) is 10.0 Å². The third-order valence-electron chi connectivity index (χ3n) is 3.37. The zero-order valence-corrected chi connectivity index (χ0v) is 14.5. The van der Waals surface area contributed by atoms with E-state index in [4.69, 9.17) is 4.74 Å². The van der Waals surface area contributed by atoms with Crippen molar-refractivity contribution in [3.8, 4) is 0 Å². The van der Waals surface area contributed by atoms with Gasteiger partial charge in [-0.1, -0.05) is 30.3 Å². The first-order valence-corrected chi connectivity index (χ1v) is 8.99. The summed E-state index contributed by atoms with van der Waals surface area (Å²) < 4.78 is 45.6. The standard InChI is InChI=1S/C17H19FN2O4S/c1-24-12-11-19-17(21)13-20(16-10-6-5-9-15(16)18)25(22,23)14-7-3-2-4-8-14/h2-10H,11-13H2,1H3,(H,19,21). The number of carbonyl (C=O) groups excluding carboxylic acids is 1. The van der Waals surface area contributed by atoms with Crippen LogP contribution in [-0.2, 0) is 19.6 Å². The van der Waals surface area contributed by atoms with E-state index in [9.17, 15) is 17.6 Å². The normalized spacial score (nSPS) is 11.1. The lowest BCUT2D eigenvalue weighted by Crippen LogP contribution is -2.42. The van der Waals surface area contributed by atoms with E-state index in [0.29, 0.717) is 0 Å². The Bertz CT molecular complexity index is 812. The summed E-state index contributed by atoms with van der Waals surface area (Å²) in [5.74, 6) is -1.29. The molecule has 0 saturated carbocycles. The zero-order valence-electron chi connectivity index (χ0n) is 13.7. The third-order valence-corrected chi connectivity index (χ3v) is 5.14. The summed E-state index contributed by atoms with van der Waals surface area (Å²) >= 11 is 0. The van der Waals surface area contributed by atoms with Gasteiger partial charge in [0, 0.05) is 13.7 Å². The number of hydrogen-bond acceptors (Lipinski definition) is 4. The van der Waals surface area contributed by atoms with Crippen LogP contribution >= 0.6 is 0 Å². The van der Waals surface area contributed by atoms with Crippen LogP contribution in [0.5, 0.6) is 0 Å². The van der Waals surface area contributed by atoms with Crippen LogP contribution in [0.15, 0.2) is 59.5 Å². The van der Waals surface area contributed by atoms with Gasteiger partial charge in [-0.2, -0.15) is 0 Å². The molecule has 6 nitrogen and oxygen atoms in total. The summed E-state index contributed by atoms with van der Waals surface area (Å²) in [4.78, 5) is 12.1. The van der Waals surface area contributed by atoms with E-state index in [2.05, 4.69) is 5.32 Å². The number of para-hydroxylation sites is 1. The SMILES string of the molecule is COCCNC(=O)CN(c1ccccc1F)S(=O)(=O)c1ccccc1. The zero-order chi connectivity index (χ0) is 18.3. The van der Waals surface area contributed by atoms with Gasteiger partial charge in [-0.3, -0.25) is 9.10 Å². The van der Waals surface area contributed by atoms with Gasteiger partial charge in [0.2, 0.25) is 5.91 Å². The van der Waals surface area contributed by atoms with E-state index in [1.165, 1.54) is 37.4 Å². The van der Waals surface area contributed by atoms with Crippen LogP contribution in [0.2, 0.25) is 0 Å². The maximum Gasteiger partial charge on any atom is 0.264 e. The fourth-order valence-corrected chi connectivity index (χ4v) is 3.60. The molecule has 0 bridgehead atoms. The molecule has 1 N–H and O–H groups in total. The fourth-order valence-electron chi connectivity index (χ4n) is 2.15. The topological polar surface area (TPSA) is 75.7 Å². The van der Waals surface area contributed by atoms with E-state index in [-0.39, 0.29) is 23.7 Å². The van der Waals surface area contributed by atoms with Crippen LogP contribution in [0.3, 0.4) is 0 Å². The largest absolute Gasteiger partial charge is 0.383 e. The Kier molecular flexibility index (Phi) is 6.49. The van der Waals surface area contributed by atoms with Crippen LogP contribution in [0.25, 0.3) is 0 Å². The number of carbonyl (C=O) groups is 1. The number of hydrogen-bond donors (Lipinski definition) is 1. The number of rotatable bonds is 8. The number of nitrogens with zero attached hydrogens (tertiary/aromatic N) is 1. The Morgan fingerprint density at radius 2 is 1.76 bits per heavy atom. The number of anilines is 1. The smallest absolute Gasteiger partial charge is 0.264 e. The van der Waals surface area contributed by atoms with Crippen molar-refractivity contribution in [2.75, 3.05) is 31.1 Å². The summed E-state index contributed by atoms with van der Waals surface area (Å²) in [7, 11) is -2.62. The minimum Gasteiger partial charge on any atom is -0.383 e. The summed E-state index contributed by atoms with van der Waals surface area (Å²) in [6.45, 7) is -0.0232. The molecule has 2 aromatic rings. The Labute approximate surface area is 146 Å². The molecule has 0 fully saturated rings. The van der Waals surface area contributed by atoms with E-state index in [1.807, 2.05) is 0 Å². The lowest BCUT2D eigenvalue weighted by molar-refractivity contribution is -0.119. The van der Waals surface area contributed by atoms with Crippen LogP contribution in [-0.4, -0.2) is 41.1 Å². The molecule has 134 valence electrons. The van der Waals surface area contributed by atoms with Crippen molar-refractivity contribution in [3.05, 3.63) is 60.4 Å². The van der Waals surface area contributed by atoms with E-state index < -0.39 is 28.3 Å². The maximum absolute atomic E-state index is 14.2. The molecule has 8 heteroatoms. The average molecular weight is 366 g/mol. The van der Waals surface area contributed by atoms with Crippen molar-refractivity contribution in [1.29, 1.82) is 0 Å². The van der Waals surface area contributed by atoms with E-state index in [0.717, 1.165) is 10.4 Å². The Balaban J connectivity index is 2.36. The molecule has 0 aliphatic heterocycles. The lowest BCUT2D eigenvalue weighted by Gasteiger charge is -2.24. The van der Waals surface area contributed by atoms with Crippen molar-refractivity contribution < 1.29 is 22.3 Å². The molecule has 0 radical (unpaired) electrons. The highest BCUT2D eigenvalue weighted by atomic mass is 32.2. The summed E-state index contributed by atoms with van der Waals surface area (Å²) in [6, 6.07) is 13.0. The molecule has 0 heterocycles. The molecule has 0 aromatic heterocycles. The number of sulfonamides is 1. The van der Waals surface area contributed by atoms with Crippen molar-refractivity contribution in [1.82, 2.24) is 5.32 Å². The van der Waals surface area contributed by atoms with Crippen molar-refractivity contribution in [2.24, 2.45) is 0 Å². The molecule has 0 aliphatic carbocycles. The maximum atomic E-state index is 14.2. The molecule has 2 rings (SSSR count). The molecule has 25 heavy (non-hydrogen) atoms. The van der Waals surface area contributed by atoms with Crippen molar-refractivity contribution in [2.45, 2.75) is 4.90 Å². The number of amides is 1. The first-order valence-electron chi connectivity index (χ1n) is 7.55. The molecule has 0 atom stereocenters. The highest BCUT2D eigenvalue weighted by molar-refractivity contribution is 7.92. The number of benzene rings is 2.